The van der Waals surface area contributed by atoms with Gasteiger partial charge in [0.25, 0.3) is 0 Å². The first kappa shape index (κ1) is 14.8. The lowest BCUT2D eigenvalue weighted by Crippen LogP contribution is -2.31. The van der Waals surface area contributed by atoms with Crippen LogP contribution in [0, 0.1) is 11.6 Å². The van der Waals surface area contributed by atoms with Crippen LogP contribution in [0.2, 0.25) is 0 Å². The van der Waals surface area contributed by atoms with Crippen molar-refractivity contribution in [2.45, 2.75) is 31.3 Å². The molecule has 0 saturated carbocycles. The molecule has 1 fully saturated rings. The Balaban J connectivity index is 1.65. The van der Waals surface area contributed by atoms with E-state index in [1.807, 2.05) is 6.07 Å². The first-order chi connectivity index (χ1) is 12.2. The Morgan fingerprint density at radius 1 is 1.08 bits per heavy atom. The number of hydrogen-bond donors (Lipinski definition) is 2. The number of nitrogens with one attached hydrogen (secondary N) is 2. The van der Waals surface area contributed by atoms with Crippen LogP contribution in [-0.2, 0) is 0 Å². The van der Waals surface area contributed by atoms with Gasteiger partial charge in [0.15, 0.2) is 11.6 Å². The van der Waals surface area contributed by atoms with Crippen molar-refractivity contribution >= 4 is 16.6 Å². The third kappa shape index (κ3) is 2.38. The van der Waals surface area contributed by atoms with Gasteiger partial charge in [-0.3, -0.25) is 0 Å². The lowest BCUT2D eigenvalue weighted by Gasteiger charge is -2.20. The number of benzene rings is 1. The number of aromatic amines is 1. The van der Waals surface area contributed by atoms with E-state index in [9.17, 15) is 8.78 Å². The molecule has 2 bridgehead atoms. The minimum Gasteiger partial charge on any atom is -0.339 e. The molecule has 0 spiro atoms. The lowest BCUT2D eigenvalue weighted by molar-refractivity contribution is 0.511. The first-order valence-electron chi connectivity index (χ1n) is 8.58. The molecule has 1 saturated heterocycles. The lowest BCUT2D eigenvalue weighted by atomic mass is 9.99. The summed E-state index contributed by atoms with van der Waals surface area (Å²) in [5.41, 5.74) is 3.90. The Morgan fingerprint density at radius 3 is 2.88 bits per heavy atom. The number of H-pyrrole nitrogens is 1. The van der Waals surface area contributed by atoms with E-state index in [0.717, 1.165) is 23.6 Å². The third-order valence-electron chi connectivity index (χ3n) is 5.26. The predicted molar refractivity (Wildman–Crippen MR) is 94.0 cm³/mol. The number of hydrogen-bond acceptors (Lipinski definition) is 2. The van der Waals surface area contributed by atoms with Crippen molar-refractivity contribution in [1.82, 2.24) is 15.3 Å². The third-order valence-corrected chi connectivity index (χ3v) is 5.26. The topological polar surface area (TPSA) is 40.7 Å². The van der Waals surface area contributed by atoms with Crippen LogP contribution >= 0.6 is 0 Å². The second-order valence-electron chi connectivity index (χ2n) is 6.85. The average Bonchev–Trinajstić information content (AvgIpc) is 3.20. The highest BCUT2D eigenvalue weighted by molar-refractivity contribution is 5.95. The molecular weight excluding hydrogens is 320 g/mol. The van der Waals surface area contributed by atoms with Crippen molar-refractivity contribution in [3.63, 3.8) is 0 Å². The smallest absolute Gasteiger partial charge is 0.166 e. The van der Waals surface area contributed by atoms with Crippen LogP contribution in [0.4, 0.5) is 8.78 Å². The maximum Gasteiger partial charge on any atom is 0.166 e. The van der Waals surface area contributed by atoms with Crippen LogP contribution in [0.15, 0.2) is 42.6 Å². The zero-order valence-electron chi connectivity index (χ0n) is 13.5. The minimum atomic E-state index is -0.837. The van der Waals surface area contributed by atoms with Crippen molar-refractivity contribution in [2.24, 2.45) is 0 Å². The fourth-order valence-electron chi connectivity index (χ4n) is 4.07. The fraction of sp³-hybridized carbons (Fsp3) is 0.250. The molecule has 5 rings (SSSR count). The maximum absolute atomic E-state index is 14.3. The molecule has 25 heavy (non-hydrogen) atoms. The van der Waals surface area contributed by atoms with E-state index >= 15 is 0 Å². The summed E-state index contributed by atoms with van der Waals surface area (Å²) in [6.45, 7) is 0. The second kappa shape index (κ2) is 5.49. The Bertz CT molecular complexity index is 1010. The van der Waals surface area contributed by atoms with Crippen LogP contribution in [0.25, 0.3) is 27.7 Å². The van der Waals surface area contributed by atoms with Crippen LogP contribution in [-0.4, -0.2) is 22.1 Å². The normalized spacial score (nSPS) is 22.4. The van der Waals surface area contributed by atoms with E-state index in [2.05, 4.69) is 21.4 Å². The van der Waals surface area contributed by atoms with Crippen LogP contribution in [0.5, 0.6) is 0 Å². The molecule has 0 amide bonds. The molecule has 2 N–H and O–H groups in total. The van der Waals surface area contributed by atoms with Gasteiger partial charge in [0, 0.05) is 34.9 Å². The van der Waals surface area contributed by atoms with E-state index in [0.29, 0.717) is 23.3 Å². The Morgan fingerprint density at radius 2 is 2.00 bits per heavy atom. The maximum atomic E-state index is 14.3. The van der Waals surface area contributed by atoms with Crippen LogP contribution in [0.1, 0.15) is 25.0 Å². The van der Waals surface area contributed by atoms with E-state index in [1.165, 1.54) is 24.5 Å². The molecule has 126 valence electrons. The van der Waals surface area contributed by atoms with Crippen molar-refractivity contribution < 1.29 is 8.78 Å². The van der Waals surface area contributed by atoms with Gasteiger partial charge in [0.1, 0.15) is 5.65 Å². The molecule has 2 aromatic heterocycles. The fourth-order valence-corrected chi connectivity index (χ4v) is 4.07. The minimum absolute atomic E-state index is 0.261. The zero-order valence-corrected chi connectivity index (χ0v) is 13.5. The molecule has 0 radical (unpaired) electrons. The van der Waals surface area contributed by atoms with Crippen LogP contribution < -0.4 is 5.32 Å². The van der Waals surface area contributed by atoms with Crippen molar-refractivity contribution in [1.29, 1.82) is 0 Å². The molecule has 1 aromatic carbocycles. The molecule has 0 aliphatic carbocycles. The molecule has 2 atom stereocenters. The van der Waals surface area contributed by atoms with Gasteiger partial charge >= 0.3 is 0 Å². The number of aromatic nitrogens is 2. The molecule has 5 heteroatoms. The average molecular weight is 337 g/mol. The van der Waals surface area contributed by atoms with Gasteiger partial charge in [-0.25, -0.2) is 13.8 Å². The van der Waals surface area contributed by atoms with Gasteiger partial charge in [-0.05, 0) is 48.6 Å². The Hall–Kier alpha value is -2.53. The molecule has 4 heterocycles. The number of fused-ring (bicyclic) bond motifs is 3. The van der Waals surface area contributed by atoms with Crippen molar-refractivity contribution in [3.05, 3.63) is 59.9 Å². The molecule has 2 aliphatic rings. The summed E-state index contributed by atoms with van der Waals surface area (Å²) in [6.07, 6.45) is 7.25. The summed E-state index contributed by atoms with van der Waals surface area (Å²) < 4.78 is 27.9. The van der Waals surface area contributed by atoms with Crippen molar-refractivity contribution in [2.75, 3.05) is 0 Å². The van der Waals surface area contributed by atoms with Gasteiger partial charge in [0.2, 0.25) is 0 Å². The monoisotopic (exact) mass is 337 g/mol. The number of halogens is 2. The number of pyridine rings is 1. The van der Waals surface area contributed by atoms with Gasteiger partial charge in [-0.15, -0.1) is 0 Å². The molecule has 3 nitrogen and oxygen atoms in total. The standard InChI is InChI=1S/C20H17F2N3/c21-17-3-1-2-15(19(17)22)14-6-7-23-20-16(14)10-18(25-20)11-8-12-4-5-13(9-11)24-12/h1-3,6-8,10,12-13,24H,4-5,9H2,(H,23,25). The summed E-state index contributed by atoms with van der Waals surface area (Å²) in [4.78, 5) is 7.73. The highest BCUT2D eigenvalue weighted by Gasteiger charge is 2.29. The highest BCUT2D eigenvalue weighted by atomic mass is 19.2. The summed E-state index contributed by atoms with van der Waals surface area (Å²) in [6, 6.07) is 8.98. The number of rotatable bonds is 2. The van der Waals surface area contributed by atoms with E-state index in [4.69, 9.17) is 0 Å². The second-order valence-corrected chi connectivity index (χ2v) is 6.85. The SMILES string of the molecule is Fc1cccc(-c2ccnc3[nH]c(C4=CC5CCC(C4)N5)cc23)c1F. The molecular formula is C20H17F2N3. The molecule has 2 aliphatic heterocycles. The number of nitrogens with zero attached hydrogens (tertiary/aromatic N) is 1. The van der Waals surface area contributed by atoms with E-state index < -0.39 is 11.6 Å². The van der Waals surface area contributed by atoms with E-state index in [-0.39, 0.29) is 5.56 Å². The van der Waals surface area contributed by atoms with Gasteiger partial charge in [-0.2, -0.15) is 0 Å². The zero-order chi connectivity index (χ0) is 17.0. The van der Waals surface area contributed by atoms with Gasteiger partial charge in [0.05, 0.1) is 0 Å². The summed E-state index contributed by atoms with van der Waals surface area (Å²) in [5.74, 6) is -1.66. The van der Waals surface area contributed by atoms with Crippen molar-refractivity contribution in [3.8, 4) is 11.1 Å². The van der Waals surface area contributed by atoms with Gasteiger partial charge in [-0.1, -0.05) is 18.2 Å². The summed E-state index contributed by atoms with van der Waals surface area (Å²) >= 11 is 0. The quantitative estimate of drug-likeness (QED) is 0.727. The first-order valence-corrected chi connectivity index (χ1v) is 8.58. The molecule has 2 unspecified atom stereocenters. The Kier molecular flexibility index (Phi) is 3.25. The molecule has 3 aromatic rings. The van der Waals surface area contributed by atoms with E-state index in [1.54, 1.807) is 18.3 Å². The summed E-state index contributed by atoms with van der Waals surface area (Å²) in [7, 11) is 0. The largest absolute Gasteiger partial charge is 0.339 e. The van der Waals surface area contributed by atoms with Crippen LogP contribution in [0.3, 0.4) is 0 Å². The highest BCUT2D eigenvalue weighted by Crippen LogP contribution is 2.35. The Labute approximate surface area is 143 Å². The summed E-state index contributed by atoms with van der Waals surface area (Å²) in [5, 5.41) is 4.39. The predicted octanol–water partition coefficient (Wildman–Crippen LogP) is 4.42. The van der Waals surface area contributed by atoms with Gasteiger partial charge < -0.3 is 10.3 Å².